The second kappa shape index (κ2) is 6.27. The first-order chi connectivity index (χ1) is 12.9. The molecule has 2 aliphatic carbocycles. The van der Waals surface area contributed by atoms with Gasteiger partial charge in [0, 0.05) is 5.56 Å². The Morgan fingerprint density at radius 1 is 0.852 bits per heavy atom. The summed E-state index contributed by atoms with van der Waals surface area (Å²) in [6.45, 7) is 6.57. The van der Waals surface area contributed by atoms with Crippen LogP contribution >= 0.6 is 0 Å². The predicted octanol–water partition coefficient (Wildman–Crippen LogP) is 5.13. The lowest BCUT2D eigenvalue weighted by molar-refractivity contribution is 0.163. The number of rotatable bonds is 2. The Morgan fingerprint density at radius 3 is 2.22 bits per heavy atom. The molecule has 3 nitrogen and oxygen atoms in total. The fourth-order valence-electron chi connectivity index (χ4n) is 3.60. The molecule has 0 unspecified atom stereocenters. The standard InChI is InChI=1S/C24H23NO2/c1-24(2,3)19-12-10-16(11-13-19)21-15-18-14-17-8-6-5-7-9-20(17)22(18)23(26)25(21)27-4/h5-15H,1-4H3. The number of benzene rings is 1. The molecular formula is C24H23NO2. The van der Waals surface area contributed by atoms with Gasteiger partial charge in [0.2, 0.25) is 0 Å². The van der Waals surface area contributed by atoms with Crippen LogP contribution in [-0.2, 0) is 5.41 Å². The number of fused-ring (bicyclic) bond motifs is 3. The molecule has 1 aromatic carbocycles. The highest BCUT2D eigenvalue weighted by molar-refractivity contribution is 6.02. The van der Waals surface area contributed by atoms with Crippen molar-refractivity contribution in [3.05, 3.63) is 82.6 Å². The number of hydrogen-bond acceptors (Lipinski definition) is 2. The van der Waals surface area contributed by atoms with E-state index in [1.165, 1.54) is 17.4 Å². The third-order valence-corrected chi connectivity index (χ3v) is 5.08. The normalized spacial score (nSPS) is 11.9. The van der Waals surface area contributed by atoms with Crippen LogP contribution in [0.3, 0.4) is 0 Å². The highest BCUT2D eigenvalue weighted by Gasteiger charge is 2.19. The highest BCUT2D eigenvalue weighted by Crippen LogP contribution is 2.33. The van der Waals surface area contributed by atoms with Crippen molar-refractivity contribution in [3.8, 4) is 22.4 Å². The van der Waals surface area contributed by atoms with Crippen molar-refractivity contribution in [1.82, 2.24) is 4.73 Å². The van der Waals surface area contributed by atoms with Gasteiger partial charge in [-0.1, -0.05) is 75.4 Å². The first-order valence-corrected chi connectivity index (χ1v) is 9.13. The van der Waals surface area contributed by atoms with Crippen molar-refractivity contribution in [1.29, 1.82) is 0 Å². The molecule has 0 saturated heterocycles. The van der Waals surface area contributed by atoms with E-state index < -0.39 is 0 Å². The molecule has 0 saturated carbocycles. The van der Waals surface area contributed by atoms with Crippen molar-refractivity contribution >= 4 is 10.8 Å². The smallest absolute Gasteiger partial charge is 0.292 e. The maximum absolute atomic E-state index is 13.2. The summed E-state index contributed by atoms with van der Waals surface area (Å²) in [6.07, 6.45) is 0. The highest BCUT2D eigenvalue weighted by atomic mass is 16.6. The third kappa shape index (κ3) is 2.89. The summed E-state index contributed by atoms with van der Waals surface area (Å²) in [5, 5.41) is 1.63. The molecule has 4 rings (SSSR count). The fourth-order valence-corrected chi connectivity index (χ4v) is 3.60. The van der Waals surface area contributed by atoms with Crippen molar-refractivity contribution in [2.24, 2.45) is 0 Å². The summed E-state index contributed by atoms with van der Waals surface area (Å²) in [5.41, 5.74) is 4.92. The van der Waals surface area contributed by atoms with Crippen LogP contribution in [0, 0.1) is 0 Å². The van der Waals surface area contributed by atoms with Crippen LogP contribution in [0.15, 0.2) is 71.5 Å². The largest absolute Gasteiger partial charge is 0.413 e. The molecule has 0 N–H and O–H groups in total. The maximum Gasteiger partial charge on any atom is 0.292 e. The average molecular weight is 357 g/mol. The summed E-state index contributed by atoms with van der Waals surface area (Å²) in [4.78, 5) is 18.7. The number of hydrogen-bond donors (Lipinski definition) is 0. The summed E-state index contributed by atoms with van der Waals surface area (Å²) < 4.78 is 1.39. The van der Waals surface area contributed by atoms with Crippen molar-refractivity contribution in [2.45, 2.75) is 26.2 Å². The van der Waals surface area contributed by atoms with Crippen molar-refractivity contribution < 1.29 is 4.84 Å². The van der Waals surface area contributed by atoms with Gasteiger partial charge in [0.1, 0.15) is 7.11 Å². The molecule has 0 spiro atoms. The Bertz CT molecular complexity index is 1150. The Labute approximate surface area is 159 Å². The summed E-state index contributed by atoms with van der Waals surface area (Å²) in [5.74, 6) is 0. The van der Waals surface area contributed by atoms with E-state index in [0.717, 1.165) is 27.8 Å². The minimum atomic E-state index is -0.133. The van der Waals surface area contributed by atoms with E-state index in [4.69, 9.17) is 4.84 Å². The maximum atomic E-state index is 13.2. The van der Waals surface area contributed by atoms with Gasteiger partial charge in [0.05, 0.1) is 11.1 Å². The van der Waals surface area contributed by atoms with Gasteiger partial charge in [-0.15, -0.1) is 4.73 Å². The Kier molecular flexibility index (Phi) is 4.03. The lowest BCUT2D eigenvalue weighted by Crippen LogP contribution is -2.26. The minimum absolute atomic E-state index is 0.0857. The quantitative estimate of drug-likeness (QED) is 0.498. The monoisotopic (exact) mass is 357 g/mol. The molecule has 1 aromatic heterocycles. The van der Waals surface area contributed by atoms with E-state index in [1.54, 1.807) is 0 Å². The summed E-state index contributed by atoms with van der Waals surface area (Å²) in [6, 6.07) is 22.4. The van der Waals surface area contributed by atoms with Gasteiger partial charge < -0.3 is 4.84 Å². The summed E-state index contributed by atoms with van der Waals surface area (Å²) in [7, 11) is 1.53. The number of nitrogens with zero attached hydrogens (tertiary/aromatic N) is 1. The van der Waals surface area contributed by atoms with E-state index in [-0.39, 0.29) is 11.0 Å². The molecule has 0 aliphatic heterocycles. The van der Waals surface area contributed by atoms with Crippen LogP contribution in [-0.4, -0.2) is 11.8 Å². The van der Waals surface area contributed by atoms with Crippen LogP contribution in [0.5, 0.6) is 0 Å². The molecule has 2 aliphatic rings. The summed E-state index contributed by atoms with van der Waals surface area (Å²) >= 11 is 0. The zero-order valence-electron chi connectivity index (χ0n) is 16.1. The second-order valence-electron chi connectivity index (χ2n) is 7.89. The van der Waals surface area contributed by atoms with E-state index in [9.17, 15) is 4.79 Å². The minimum Gasteiger partial charge on any atom is -0.413 e. The molecule has 136 valence electrons. The molecule has 0 atom stereocenters. The molecule has 2 aromatic rings. The van der Waals surface area contributed by atoms with Gasteiger partial charge in [-0.2, -0.15) is 0 Å². The number of pyridine rings is 1. The van der Waals surface area contributed by atoms with E-state index in [1.807, 2.05) is 36.4 Å². The number of aromatic nitrogens is 1. The van der Waals surface area contributed by atoms with Gasteiger partial charge >= 0.3 is 0 Å². The third-order valence-electron chi connectivity index (χ3n) is 5.08. The molecule has 3 heteroatoms. The SMILES string of the molecule is COn1c(-c2ccc(C(C)(C)C)cc2)cc2cc3cccccc-3c2c1=O. The van der Waals surface area contributed by atoms with Crippen molar-refractivity contribution in [2.75, 3.05) is 7.11 Å². The second-order valence-corrected chi connectivity index (χ2v) is 7.89. The lowest BCUT2D eigenvalue weighted by Gasteiger charge is -2.19. The molecule has 0 fully saturated rings. The topological polar surface area (TPSA) is 31.2 Å². The lowest BCUT2D eigenvalue weighted by atomic mass is 9.86. The van der Waals surface area contributed by atoms with Crippen LogP contribution in [0.4, 0.5) is 0 Å². The molecular weight excluding hydrogens is 334 g/mol. The van der Waals surface area contributed by atoms with Gasteiger partial charge in [-0.05, 0) is 39.6 Å². The molecule has 0 radical (unpaired) electrons. The van der Waals surface area contributed by atoms with Gasteiger partial charge in [0.25, 0.3) is 5.56 Å². The van der Waals surface area contributed by atoms with Crippen LogP contribution in [0.2, 0.25) is 0 Å². The Morgan fingerprint density at radius 2 is 1.56 bits per heavy atom. The predicted molar refractivity (Wildman–Crippen MR) is 111 cm³/mol. The van der Waals surface area contributed by atoms with Crippen molar-refractivity contribution in [3.63, 3.8) is 0 Å². The van der Waals surface area contributed by atoms with Gasteiger partial charge in [-0.3, -0.25) is 4.79 Å². The zero-order chi connectivity index (χ0) is 19.2. The molecule has 0 bridgehead atoms. The average Bonchev–Trinajstić information content (AvgIpc) is 2.82. The van der Waals surface area contributed by atoms with E-state index in [2.05, 4.69) is 51.1 Å². The Hall–Kier alpha value is -3.07. The Balaban J connectivity index is 1.98. The van der Waals surface area contributed by atoms with Gasteiger partial charge in [-0.25, -0.2) is 0 Å². The zero-order valence-corrected chi connectivity index (χ0v) is 16.1. The first-order valence-electron chi connectivity index (χ1n) is 9.13. The molecule has 1 heterocycles. The van der Waals surface area contributed by atoms with Gasteiger partial charge in [0.15, 0.2) is 0 Å². The van der Waals surface area contributed by atoms with Crippen LogP contribution in [0.25, 0.3) is 33.2 Å². The fraction of sp³-hybridized carbons (Fsp3) is 0.208. The van der Waals surface area contributed by atoms with Crippen LogP contribution < -0.4 is 10.4 Å². The van der Waals surface area contributed by atoms with E-state index >= 15 is 0 Å². The molecule has 27 heavy (non-hydrogen) atoms. The first kappa shape index (κ1) is 17.3. The molecule has 0 amide bonds. The van der Waals surface area contributed by atoms with E-state index in [0.29, 0.717) is 5.39 Å². The van der Waals surface area contributed by atoms with Crippen LogP contribution in [0.1, 0.15) is 26.3 Å².